The molecule has 0 saturated carbocycles. The van der Waals surface area contributed by atoms with Gasteiger partial charge in [-0.1, -0.05) is 18.2 Å². The van der Waals surface area contributed by atoms with Crippen LogP contribution in [0.1, 0.15) is 29.0 Å². The van der Waals surface area contributed by atoms with Gasteiger partial charge in [0, 0.05) is 25.0 Å². The van der Waals surface area contributed by atoms with Gasteiger partial charge in [-0.2, -0.15) is 0 Å². The van der Waals surface area contributed by atoms with Crippen LogP contribution in [0, 0.1) is 6.92 Å². The first-order chi connectivity index (χ1) is 11.2. The van der Waals surface area contributed by atoms with E-state index in [0.29, 0.717) is 12.3 Å². The van der Waals surface area contributed by atoms with Gasteiger partial charge in [0.1, 0.15) is 5.58 Å². The summed E-state index contributed by atoms with van der Waals surface area (Å²) in [7, 11) is 0. The minimum Gasteiger partial charge on any atom is -0.451 e. The Balaban J connectivity index is 1.42. The highest BCUT2D eigenvalue weighted by Gasteiger charge is 2.13. The Morgan fingerprint density at radius 2 is 2.09 bits per heavy atom. The Hall–Kier alpha value is -1.85. The number of hydrogen-bond donors (Lipinski definition) is 1. The van der Waals surface area contributed by atoms with Gasteiger partial charge >= 0.3 is 0 Å². The molecule has 0 aliphatic carbocycles. The van der Waals surface area contributed by atoms with Gasteiger partial charge in [0.25, 0.3) is 5.91 Å². The average molecular weight is 316 g/mol. The van der Waals surface area contributed by atoms with E-state index < -0.39 is 0 Å². The Morgan fingerprint density at radius 1 is 1.26 bits per heavy atom. The van der Waals surface area contributed by atoms with E-state index in [9.17, 15) is 4.79 Å². The number of carbonyl (C=O) groups is 1. The van der Waals surface area contributed by atoms with Crippen LogP contribution < -0.4 is 5.32 Å². The highest BCUT2D eigenvalue weighted by molar-refractivity contribution is 5.96. The normalized spacial score (nSPS) is 15.9. The number of para-hydroxylation sites is 1. The quantitative estimate of drug-likeness (QED) is 0.832. The summed E-state index contributed by atoms with van der Waals surface area (Å²) in [6.45, 7) is 7.45. The van der Waals surface area contributed by atoms with E-state index >= 15 is 0 Å². The lowest BCUT2D eigenvalue weighted by Gasteiger charge is -2.26. The molecule has 23 heavy (non-hydrogen) atoms. The predicted molar refractivity (Wildman–Crippen MR) is 89.8 cm³/mol. The van der Waals surface area contributed by atoms with Crippen LogP contribution in [0.5, 0.6) is 0 Å². The maximum Gasteiger partial charge on any atom is 0.287 e. The van der Waals surface area contributed by atoms with E-state index in [2.05, 4.69) is 10.2 Å². The summed E-state index contributed by atoms with van der Waals surface area (Å²) in [5.41, 5.74) is 1.84. The third-order valence-electron chi connectivity index (χ3n) is 4.26. The number of fused-ring (bicyclic) bond motifs is 1. The molecule has 2 aromatic rings. The molecule has 0 unspecified atom stereocenters. The summed E-state index contributed by atoms with van der Waals surface area (Å²) in [6.07, 6.45) is 2.06. The fourth-order valence-corrected chi connectivity index (χ4v) is 2.90. The number of unbranched alkanes of at least 4 members (excludes halogenated alkanes) is 1. The predicted octanol–water partition coefficient (Wildman–Crippen LogP) is 2.58. The Kier molecular flexibility index (Phi) is 5.31. The van der Waals surface area contributed by atoms with Gasteiger partial charge < -0.3 is 14.5 Å². The van der Waals surface area contributed by atoms with Crippen LogP contribution in [-0.4, -0.2) is 50.2 Å². The molecular weight excluding hydrogens is 292 g/mol. The summed E-state index contributed by atoms with van der Waals surface area (Å²) < 4.78 is 11.0. The largest absolute Gasteiger partial charge is 0.451 e. The van der Waals surface area contributed by atoms with Crippen LogP contribution in [0.3, 0.4) is 0 Å². The number of morpholine rings is 1. The van der Waals surface area contributed by atoms with E-state index in [0.717, 1.165) is 62.2 Å². The highest BCUT2D eigenvalue weighted by Crippen LogP contribution is 2.22. The highest BCUT2D eigenvalue weighted by atomic mass is 16.5. The number of rotatable bonds is 6. The van der Waals surface area contributed by atoms with Crippen molar-refractivity contribution in [2.45, 2.75) is 19.8 Å². The molecule has 3 rings (SSSR count). The molecule has 1 N–H and O–H groups in total. The Morgan fingerprint density at radius 3 is 2.87 bits per heavy atom. The summed E-state index contributed by atoms with van der Waals surface area (Å²) >= 11 is 0. The third-order valence-corrected chi connectivity index (χ3v) is 4.26. The number of benzene rings is 1. The number of nitrogens with one attached hydrogen (secondary N) is 1. The van der Waals surface area contributed by atoms with E-state index in [1.54, 1.807) is 0 Å². The molecule has 5 heteroatoms. The number of furan rings is 1. The standard InChI is InChI=1S/C18H24N2O3/c1-14-5-4-6-15-13-16(23-17(14)15)18(21)19-7-2-3-8-20-9-11-22-12-10-20/h4-6,13H,2-3,7-12H2,1H3,(H,19,21). The first-order valence-corrected chi connectivity index (χ1v) is 8.31. The second kappa shape index (κ2) is 7.62. The first kappa shape index (κ1) is 16.0. The van der Waals surface area contributed by atoms with Crippen LogP contribution in [0.4, 0.5) is 0 Å². The Labute approximate surface area is 136 Å². The van der Waals surface area contributed by atoms with Gasteiger partial charge in [-0.05, 0) is 37.9 Å². The van der Waals surface area contributed by atoms with Crippen molar-refractivity contribution in [3.63, 3.8) is 0 Å². The van der Waals surface area contributed by atoms with Crippen LogP contribution in [-0.2, 0) is 4.74 Å². The van der Waals surface area contributed by atoms with Gasteiger partial charge in [-0.3, -0.25) is 9.69 Å². The van der Waals surface area contributed by atoms with Crippen molar-refractivity contribution in [1.82, 2.24) is 10.2 Å². The van der Waals surface area contributed by atoms with E-state index in [-0.39, 0.29) is 5.91 Å². The van der Waals surface area contributed by atoms with Crippen molar-refractivity contribution in [3.05, 3.63) is 35.6 Å². The van der Waals surface area contributed by atoms with Crippen LogP contribution in [0.25, 0.3) is 11.0 Å². The Bertz CT molecular complexity index is 659. The van der Waals surface area contributed by atoms with E-state index in [4.69, 9.17) is 9.15 Å². The van der Waals surface area contributed by atoms with Crippen molar-refractivity contribution in [2.24, 2.45) is 0 Å². The molecule has 124 valence electrons. The second-order valence-electron chi connectivity index (χ2n) is 6.02. The zero-order chi connectivity index (χ0) is 16.1. The number of nitrogens with zero attached hydrogens (tertiary/aromatic N) is 1. The van der Waals surface area contributed by atoms with Crippen LogP contribution >= 0.6 is 0 Å². The number of aryl methyl sites for hydroxylation is 1. The summed E-state index contributed by atoms with van der Waals surface area (Å²) in [6, 6.07) is 7.73. The molecule has 2 heterocycles. The van der Waals surface area contributed by atoms with Crippen LogP contribution in [0.2, 0.25) is 0 Å². The lowest BCUT2D eigenvalue weighted by molar-refractivity contribution is 0.0372. The van der Waals surface area contributed by atoms with Gasteiger partial charge in [0.05, 0.1) is 13.2 Å². The van der Waals surface area contributed by atoms with Crippen molar-refractivity contribution in [1.29, 1.82) is 0 Å². The average Bonchev–Trinajstić information content (AvgIpc) is 3.01. The molecular formula is C18H24N2O3. The van der Waals surface area contributed by atoms with Gasteiger partial charge in [0.15, 0.2) is 5.76 Å². The smallest absolute Gasteiger partial charge is 0.287 e. The molecule has 0 radical (unpaired) electrons. The van der Waals surface area contributed by atoms with Crippen molar-refractivity contribution >= 4 is 16.9 Å². The molecule has 1 aromatic heterocycles. The van der Waals surface area contributed by atoms with Gasteiger partial charge in [-0.15, -0.1) is 0 Å². The number of hydrogen-bond acceptors (Lipinski definition) is 4. The lowest BCUT2D eigenvalue weighted by Crippen LogP contribution is -2.37. The maximum atomic E-state index is 12.2. The van der Waals surface area contributed by atoms with Gasteiger partial charge in [-0.25, -0.2) is 0 Å². The molecule has 1 fully saturated rings. The fraction of sp³-hybridized carbons (Fsp3) is 0.500. The molecule has 5 nitrogen and oxygen atoms in total. The molecule has 1 saturated heterocycles. The SMILES string of the molecule is Cc1cccc2cc(C(=O)NCCCCN3CCOCC3)oc12. The monoisotopic (exact) mass is 316 g/mol. The molecule has 0 bridgehead atoms. The third kappa shape index (κ3) is 4.12. The fourth-order valence-electron chi connectivity index (χ4n) is 2.90. The van der Waals surface area contributed by atoms with E-state index in [1.807, 2.05) is 31.2 Å². The maximum absolute atomic E-state index is 12.2. The van der Waals surface area contributed by atoms with Crippen molar-refractivity contribution in [2.75, 3.05) is 39.4 Å². The second-order valence-corrected chi connectivity index (χ2v) is 6.02. The molecule has 0 atom stereocenters. The zero-order valence-corrected chi connectivity index (χ0v) is 13.6. The van der Waals surface area contributed by atoms with E-state index in [1.165, 1.54) is 0 Å². The number of carbonyl (C=O) groups excluding carboxylic acids is 1. The van der Waals surface area contributed by atoms with Crippen molar-refractivity contribution in [3.8, 4) is 0 Å². The molecule has 1 amide bonds. The number of ether oxygens (including phenoxy) is 1. The summed E-state index contributed by atoms with van der Waals surface area (Å²) in [5, 5.41) is 3.92. The zero-order valence-electron chi connectivity index (χ0n) is 13.6. The first-order valence-electron chi connectivity index (χ1n) is 8.31. The minimum absolute atomic E-state index is 0.132. The molecule has 0 spiro atoms. The van der Waals surface area contributed by atoms with Gasteiger partial charge in [0.2, 0.25) is 0 Å². The molecule has 1 aromatic carbocycles. The minimum atomic E-state index is -0.132. The van der Waals surface area contributed by atoms with Crippen LogP contribution in [0.15, 0.2) is 28.7 Å². The molecule has 1 aliphatic heterocycles. The lowest BCUT2D eigenvalue weighted by atomic mass is 10.2. The number of amides is 1. The van der Waals surface area contributed by atoms with Crippen molar-refractivity contribution < 1.29 is 13.9 Å². The molecule has 1 aliphatic rings. The summed E-state index contributed by atoms with van der Waals surface area (Å²) in [4.78, 5) is 14.6. The summed E-state index contributed by atoms with van der Waals surface area (Å²) in [5.74, 6) is 0.259. The topological polar surface area (TPSA) is 54.7 Å².